The Morgan fingerprint density at radius 1 is 0.771 bits per heavy atom. The van der Waals surface area contributed by atoms with Gasteiger partial charge in [0.05, 0.1) is 28.5 Å². The first-order valence-corrected chi connectivity index (χ1v) is 15.8. The highest BCUT2D eigenvalue weighted by molar-refractivity contribution is 6.07. The highest BCUT2D eigenvalue weighted by Gasteiger charge is 2.25. The van der Waals surface area contributed by atoms with Crippen LogP contribution in [0.3, 0.4) is 0 Å². The zero-order valence-corrected chi connectivity index (χ0v) is 26.7. The average Bonchev–Trinajstić information content (AvgIpc) is 3.09. The molecular weight excluding hydrogens is 608 g/mol. The summed E-state index contributed by atoms with van der Waals surface area (Å²) in [6.45, 7) is 0. The van der Waals surface area contributed by atoms with Gasteiger partial charge in [-0.15, -0.1) is 0 Å². The number of amides is 2. The fourth-order valence-electron chi connectivity index (χ4n) is 5.84. The summed E-state index contributed by atoms with van der Waals surface area (Å²) in [7, 11) is 3.87. The molecule has 10 nitrogen and oxygen atoms in total. The molecular formula is C38H36N4O6. The molecule has 10 heteroatoms. The molecule has 0 spiro atoms. The quantitative estimate of drug-likeness (QED) is 0.146. The van der Waals surface area contributed by atoms with Gasteiger partial charge in [-0.1, -0.05) is 36.4 Å². The van der Waals surface area contributed by atoms with Crippen molar-refractivity contribution in [2.75, 3.05) is 24.3 Å². The molecule has 1 fully saturated rings. The van der Waals surface area contributed by atoms with Crippen LogP contribution in [0, 0.1) is 0 Å². The van der Waals surface area contributed by atoms with Crippen molar-refractivity contribution in [3.05, 3.63) is 120 Å². The second kappa shape index (κ2) is 14.3. The predicted molar refractivity (Wildman–Crippen MR) is 185 cm³/mol. The Morgan fingerprint density at radius 3 is 2.12 bits per heavy atom. The molecule has 3 N–H and O–H groups in total. The highest BCUT2D eigenvalue weighted by atomic mass is 16.5. The molecule has 0 bridgehead atoms. The summed E-state index contributed by atoms with van der Waals surface area (Å²) in [6, 6.07) is 28.8. The van der Waals surface area contributed by atoms with Crippen LogP contribution in [-0.4, -0.2) is 54.1 Å². The largest absolute Gasteiger partial charge is 0.490 e. The van der Waals surface area contributed by atoms with Gasteiger partial charge >= 0.3 is 5.97 Å². The van der Waals surface area contributed by atoms with Crippen LogP contribution < -0.4 is 25.0 Å². The summed E-state index contributed by atoms with van der Waals surface area (Å²) in [4.78, 5) is 43.3. The van der Waals surface area contributed by atoms with Gasteiger partial charge in [0, 0.05) is 38.1 Å². The second-order valence-corrected chi connectivity index (χ2v) is 11.9. The van der Waals surface area contributed by atoms with Crippen LogP contribution in [0.2, 0.25) is 0 Å². The van der Waals surface area contributed by atoms with E-state index in [9.17, 15) is 19.5 Å². The number of carboxylic acids is 1. The molecule has 1 aliphatic carbocycles. The van der Waals surface area contributed by atoms with Crippen molar-refractivity contribution in [1.82, 2.24) is 10.3 Å². The molecule has 0 saturated heterocycles. The van der Waals surface area contributed by atoms with Crippen molar-refractivity contribution in [2.24, 2.45) is 0 Å². The maximum absolute atomic E-state index is 13.0. The van der Waals surface area contributed by atoms with E-state index in [2.05, 4.69) is 15.6 Å². The van der Waals surface area contributed by atoms with Gasteiger partial charge in [-0.2, -0.15) is 0 Å². The first kappa shape index (κ1) is 32.1. The second-order valence-electron chi connectivity index (χ2n) is 11.9. The number of rotatable bonds is 10. The smallest absolute Gasteiger partial charge is 0.337 e. The number of nitrogens with zero attached hydrogens (tertiary/aromatic N) is 2. The van der Waals surface area contributed by atoms with E-state index in [1.807, 2.05) is 79.7 Å². The van der Waals surface area contributed by atoms with Crippen LogP contribution in [0.4, 0.5) is 11.4 Å². The van der Waals surface area contributed by atoms with Gasteiger partial charge in [0.15, 0.2) is 0 Å². The Labute approximate surface area is 278 Å². The third-order valence-electron chi connectivity index (χ3n) is 8.35. The Hall–Kier alpha value is -5.90. The monoisotopic (exact) mass is 644 g/mol. The van der Waals surface area contributed by atoms with E-state index in [1.165, 1.54) is 18.3 Å². The molecule has 1 saturated carbocycles. The predicted octanol–water partition coefficient (Wildman–Crippen LogP) is 7.16. The first-order chi connectivity index (χ1) is 23.2. The van der Waals surface area contributed by atoms with Gasteiger partial charge in [0.1, 0.15) is 11.5 Å². The molecule has 5 aromatic rings. The van der Waals surface area contributed by atoms with Gasteiger partial charge in [-0.05, 0) is 91.1 Å². The van der Waals surface area contributed by atoms with E-state index in [1.54, 1.807) is 24.3 Å². The van der Waals surface area contributed by atoms with E-state index in [4.69, 9.17) is 9.47 Å². The third-order valence-corrected chi connectivity index (χ3v) is 8.35. The van der Waals surface area contributed by atoms with Crippen LogP contribution >= 0.6 is 0 Å². The van der Waals surface area contributed by atoms with Crippen LogP contribution in [0.1, 0.15) is 56.8 Å². The van der Waals surface area contributed by atoms with Crippen molar-refractivity contribution in [3.8, 4) is 17.4 Å². The fraction of sp³-hybridized carbons (Fsp3) is 0.211. The Kier molecular flexibility index (Phi) is 9.52. The Balaban J connectivity index is 1.01. The number of para-hydroxylation sites is 2. The molecule has 0 radical (unpaired) electrons. The number of pyridine rings is 1. The summed E-state index contributed by atoms with van der Waals surface area (Å²) in [5.74, 6) is 0.0441. The van der Waals surface area contributed by atoms with Crippen LogP contribution in [0.5, 0.6) is 17.4 Å². The van der Waals surface area contributed by atoms with Gasteiger partial charge in [-0.3, -0.25) is 9.59 Å². The van der Waals surface area contributed by atoms with Crippen molar-refractivity contribution in [2.45, 2.75) is 37.8 Å². The van der Waals surface area contributed by atoms with E-state index in [-0.39, 0.29) is 34.9 Å². The topological polar surface area (TPSA) is 130 Å². The minimum absolute atomic E-state index is 0.00121. The van der Waals surface area contributed by atoms with Crippen molar-refractivity contribution in [3.63, 3.8) is 0 Å². The van der Waals surface area contributed by atoms with E-state index in [0.717, 1.165) is 47.9 Å². The first-order valence-electron chi connectivity index (χ1n) is 15.8. The van der Waals surface area contributed by atoms with Gasteiger partial charge in [0.2, 0.25) is 5.88 Å². The van der Waals surface area contributed by atoms with Crippen LogP contribution in [0.15, 0.2) is 103 Å². The molecule has 1 aliphatic rings. The van der Waals surface area contributed by atoms with Gasteiger partial charge < -0.3 is 30.1 Å². The van der Waals surface area contributed by atoms with E-state index in [0.29, 0.717) is 17.2 Å². The van der Waals surface area contributed by atoms with Crippen molar-refractivity contribution >= 4 is 39.9 Å². The number of aromatic carboxylic acids is 1. The number of carbonyl (C=O) groups excluding carboxylic acids is 2. The number of benzene rings is 4. The number of ether oxygens (including phenoxy) is 2. The maximum atomic E-state index is 13.0. The third kappa shape index (κ3) is 7.55. The van der Waals surface area contributed by atoms with Crippen molar-refractivity contribution < 1.29 is 29.0 Å². The zero-order chi connectivity index (χ0) is 33.6. The molecule has 1 heterocycles. The van der Waals surface area contributed by atoms with E-state index < -0.39 is 11.9 Å². The molecule has 0 unspecified atom stereocenters. The van der Waals surface area contributed by atoms with Gasteiger partial charge in [0.25, 0.3) is 11.8 Å². The average molecular weight is 645 g/mol. The molecule has 0 aliphatic heterocycles. The fourth-order valence-corrected chi connectivity index (χ4v) is 5.84. The number of fused-ring (bicyclic) bond motifs is 1. The normalized spacial score (nSPS) is 15.7. The molecule has 6 rings (SSSR count). The lowest BCUT2D eigenvalue weighted by molar-refractivity contribution is 0.0697. The summed E-state index contributed by atoms with van der Waals surface area (Å²) in [6.07, 6.45) is 4.88. The maximum Gasteiger partial charge on any atom is 0.337 e. The zero-order valence-electron chi connectivity index (χ0n) is 26.7. The number of hydrogen-bond donors (Lipinski definition) is 3. The number of carbonyl (C=O) groups is 3. The minimum atomic E-state index is -1.13. The van der Waals surface area contributed by atoms with Crippen molar-refractivity contribution in [1.29, 1.82) is 0 Å². The molecule has 1 aromatic heterocycles. The van der Waals surface area contributed by atoms with E-state index >= 15 is 0 Å². The Bertz CT molecular complexity index is 1950. The Morgan fingerprint density at radius 2 is 1.44 bits per heavy atom. The molecule has 0 atom stereocenters. The number of nitrogens with one attached hydrogen (secondary N) is 2. The summed E-state index contributed by atoms with van der Waals surface area (Å²) < 4.78 is 12.3. The highest BCUT2D eigenvalue weighted by Crippen LogP contribution is 2.30. The standard InChI is InChI=1S/C38H36N4O6/c1-42(2)34-10-6-4-8-32(34)37(44)40-27-14-18-28(19-15-27)47-29-16-11-25-22-30(17-12-24(25)21-29)48-35-20-13-26(23-39-35)36(43)41-33-9-5-3-7-31(33)38(45)46/h3-13,16-17,20-23,27-28H,14-15,18-19H2,1-2H3,(H,40,44)(H,41,43)(H,45,46). The summed E-state index contributed by atoms with van der Waals surface area (Å²) in [5.41, 5.74) is 2.05. The summed E-state index contributed by atoms with van der Waals surface area (Å²) in [5, 5.41) is 17.2. The number of anilines is 2. The van der Waals surface area contributed by atoms with Gasteiger partial charge in [-0.25, -0.2) is 9.78 Å². The molecule has 48 heavy (non-hydrogen) atoms. The minimum Gasteiger partial charge on any atom is -0.490 e. The number of hydrogen-bond acceptors (Lipinski definition) is 7. The number of carboxylic acid groups (broad SMARTS) is 1. The number of aromatic nitrogens is 1. The lowest BCUT2D eigenvalue weighted by Gasteiger charge is -2.30. The van der Waals surface area contributed by atoms with Crippen LogP contribution in [-0.2, 0) is 0 Å². The molecule has 4 aromatic carbocycles. The van der Waals surface area contributed by atoms with Crippen LogP contribution in [0.25, 0.3) is 10.8 Å². The molecule has 2 amide bonds. The molecule has 244 valence electrons. The lowest BCUT2D eigenvalue weighted by Crippen LogP contribution is -2.40. The summed E-state index contributed by atoms with van der Waals surface area (Å²) >= 11 is 0. The SMILES string of the molecule is CN(C)c1ccccc1C(=O)NC1CCC(Oc2ccc3cc(Oc4ccc(C(=O)Nc5ccccc5C(=O)O)cn4)ccc3c2)CC1. The lowest BCUT2D eigenvalue weighted by atomic mass is 9.92.